The maximum Gasteiger partial charge on any atom is 0.239 e. The Morgan fingerprint density at radius 3 is 2.55 bits per heavy atom. The molecule has 112 valence electrons. The van der Waals surface area contributed by atoms with Crippen molar-refractivity contribution in [3.63, 3.8) is 0 Å². The van der Waals surface area contributed by atoms with E-state index in [4.69, 9.17) is 23.2 Å². The van der Waals surface area contributed by atoms with E-state index < -0.39 is 0 Å². The summed E-state index contributed by atoms with van der Waals surface area (Å²) in [6.45, 7) is 0. The minimum atomic E-state index is -0.217. The Kier molecular flexibility index (Phi) is 4.71. The second kappa shape index (κ2) is 6.73. The molecule has 3 rings (SSSR count). The van der Waals surface area contributed by atoms with Gasteiger partial charge in [-0.15, -0.1) is 0 Å². The van der Waals surface area contributed by atoms with Crippen LogP contribution in [-0.4, -0.2) is 16.3 Å². The van der Waals surface area contributed by atoms with Crippen molar-refractivity contribution in [1.82, 2.24) is 5.32 Å². The summed E-state index contributed by atoms with van der Waals surface area (Å²) in [7, 11) is 0. The number of hydrogen-bond donors (Lipinski definition) is 1. The van der Waals surface area contributed by atoms with Gasteiger partial charge in [0.1, 0.15) is 0 Å². The monoisotopic (exact) mass is 350 g/mol. The normalized spacial score (nSPS) is 19.5. The highest BCUT2D eigenvalue weighted by molar-refractivity contribution is 8.15. The van der Waals surface area contributed by atoms with Crippen molar-refractivity contribution >= 4 is 51.7 Å². The predicted octanol–water partition coefficient (Wildman–Crippen LogP) is 4.46. The molecule has 0 saturated carbocycles. The van der Waals surface area contributed by atoms with Crippen molar-refractivity contribution < 1.29 is 4.79 Å². The molecule has 22 heavy (non-hydrogen) atoms. The molecule has 1 aliphatic rings. The molecule has 2 aromatic rings. The summed E-state index contributed by atoms with van der Waals surface area (Å²) in [6.07, 6.45) is 0.579. The van der Waals surface area contributed by atoms with Crippen LogP contribution in [0.3, 0.4) is 0 Å². The summed E-state index contributed by atoms with van der Waals surface area (Å²) >= 11 is 13.4. The molecule has 0 unspecified atom stereocenters. The van der Waals surface area contributed by atoms with Gasteiger partial charge >= 0.3 is 0 Å². The number of nitrogens with one attached hydrogen (secondary N) is 1. The molecule has 0 bridgehead atoms. The number of benzene rings is 2. The van der Waals surface area contributed by atoms with Gasteiger partial charge in [-0.25, -0.2) is 4.99 Å². The van der Waals surface area contributed by atoms with E-state index in [1.165, 1.54) is 11.8 Å². The summed E-state index contributed by atoms with van der Waals surface area (Å²) in [5, 5.41) is 4.53. The Hall–Kier alpha value is -1.49. The quantitative estimate of drug-likeness (QED) is 0.887. The highest BCUT2D eigenvalue weighted by Gasteiger charge is 2.30. The molecule has 3 nitrogen and oxygen atoms in total. The third kappa shape index (κ3) is 3.64. The van der Waals surface area contributed by atoms with E-state index in [0.717, 1.165) is 11.3 Å². The molecule has 1 amide bonds. The zero-order valence-electron chi connectivity index (χ0n) is 11.4. The smallest absolute Gasteiger partial charge is 0.239 e. The van der Waals surface area contributed by atoms with Crippen molar-refractivity contribution in [2.45, 2.75) is 11.7 Å². The number of carbonyl (C=O) groups is 1. The van der Waals surface area contributed by atoms with Crippen molar-refractivity contribution in [3.05, 3.63) is 64.1 Å². The largest absolute Gasteiger partial charge is 0.304 e. The number of rotatable bonds is 3. The highest BCUT2D eigenvalue weighted by atomic mass is 35.5. The first-order valence-electron chi connectivity index (χ1n) is 6.67. The number of thioether (sulfide) groups is 1. The topological polar surface area (TPSA) is 41.5 Å². The van der Waals surface area contributed by atoms with Crippen LogP contribution in [0.15, 0.2) is 53.5 Å². The summed E-state index contributed by atoms with van der Waals surface area (Å²) < 4.78 is 0. The molecule has 1 fully saturated rings. The lowest BCUT2D eigenvalue weighted by Gasteiger charge is -2.06. The third-order valence-electron chi connectivity index (χ3n) is 3.20. The van der Waals surface area contributed by atoms with E-state index in [-0.39, 0.29) is 11.2 Å². The fraction of sp³-hybridized carbons (Fsp3) is 0.125. The Morgan fingerprint density at radius 2 is 1.82 bits per heavy atom. The number of amidine groups is 1. The van der Waals surface area contributed by atoms with Crippen LogP contribution < -0.4 is 5.32 Å². The van der Waals surface area contributed by atoms with Crippen molar-refractivity contribution in [2.75, 3.05) is 0 Å². The molecule has 0 aromatic heterocycles. The fourth-order valence-electron chi connectivity index (χ4n) is 2.09. The van der Waals surface area contributed by atoms with Crippen LogP contribution >= 0.6 is 35.0 Å². The number of hydrogen-bond acceptors (Lipinski definition) is 3. The first-order valence-corrected chi connectivity index (χ1v) is 8.30. The van der Waals surface area contributed by atoms with Crippen molar-refractivity contribution in [2.24, 2.45) is 4.99 Å². The van der Waals surface area contributed by atoms with Gasteiger partial charge < -0.3 is 5.32 Å². The number of nitrogens with zero attached hydrogens (tertiary/aromatic N) is 1. The van der Waals surface area contributed by atoms with E-state index in [2.05, 4.69) is 10.3 Å². The molecule has 1 atom stereocenters. The SMILES string of the molecule is O=C1NC(=Nc2ccc(Cl)cc2)S[C@H]1Cc1ccccc1Cl. The van der Waals surface area contributed by atoms with Crippen LogP contribution in [-0.2, 0) is 11.2 Å². The van der Waals surface area contributed by atoms with Crippen LogP contribution in [0.1, 0.15) is 5.56 Å². The Bertz CT molecular complexity index is 731. The standard InChI is InChI=1S/C16H12Cl2N2OS/c17-11-5-7-12(8-6-11)19-16-20-15(21)14(22-16)9-10-3-1-2-4-13(10)18/h1-8,14H,9H2,(H,19,20,21)/t14-/m0/s1. The van der Waals surface area contributed by atoms with Gasteiger partial charge in [-0.3, -0.25) is 4.79 Å². The number of amides is 1. The van der Waals surface area contributed by atoms with Gasteiger partial charge in [-0.2, -0.15) is 0 Å². The Morgan fingerprint density at radius 1 is 1.09 bits per heavy atom. The number of halogens is 2. The van der Waals surface area contributed by atoms with E-state index in [1.807, 2.05) is 36.4 Å². The second-order valence-electron chi connectivity index (χ2n) is 4.78. The minimum absolute atomic E-state index is 0.0439. The molecule has 1 saturated heterocycles. The molecule has 0 spiro atoms. The summed E-state index contributed by atoms with van der Waals surface area (Å²) in [5.74, 6) is -0.0439. The van der Waals surface area contributed by atoms with E-state index in [1.54, 1.807) is 12.1 Å². The maximum atomic E-state index is 12.1. The Balaban J connectivity index is 1.73. The molecule has 0 radical (unpaired) electrons. The van der Waals surface area contributed by atoms with Crippen LogP contribution in [0, 0.1) is 0 Å². The molecule has 2 aromatic carbocycles. The summed E-state index contributed by atoms with van der Waals surface area (Å²) in [4.78, 5) is 16.5. The summed E-state index contributed by atoms with van der Waals surface area (Å²) in [6, 6.07) is 14.7. The molecule has 6 heteroatoms. The maximum absolute atomic E-state index is 12.1. The van der Waals surface area contributed by atoms with Gasteiger partial charge in [0.15, 0.2) is 5.17 Å². The number of aliphatic imine (C=N–C) groups is 1. The molecule has 1 aliphatic heterocycles. The van der Waals surface area contributed by atoms with Gasteiger partial charge in [-0.1, -0.05) is 53.2 Å². The first-order chi connectivity index (χ1) is 10.6. The van der Waals surface area contributed by atoms with Gasteiger partial charge in [0.05, 0.1) is 10.9 Å². The molecular formula is C16H12Cl2N2OS. The molecule has 0 aliphatic carbocycles. The van der Waals surface area contributed by atoms with Crippen LogP contribution in [0.25, 0.3) is 0 Å². The third-order valence-corrected chi connectivity index (χ3v) is 4.90. The van der Waals surface area contributed by atoms with Gasteiger partial charge in [0.25, 0.3) is 0 Å². The summed E-state index contributed by atoms with van der Waals surface area (Å²) in [5.41, 5.74) is 1.72. The molecule has 1 N–H and O–H groups in total. The van der Waals surface area contributed by atoms with Crippen LogP contribution in [0.4, 0.5) is 5.69 Å². The van der Waals surface area contributed by atoms with Crippen molar-refractivity contribution in [3.8, 4) is 0 Å². The van der Waals surface area contributed by atoms with E-state index in [0.29, 0.717) is 21.6 Å². The van der Waals surface area contributed by atoms with E-state index in [9.17, 15) is 4.79 Å². The lowest BCUT2D eigenvalue weighted by atomic mass is 10.1. The highest BCUT2D eigenvalue weighted by Crippen LogP contribution is 2.28. The van der Waals surface area contributed by atoms with Gasteiger partial charge in [0, 0.05) is 10.0 Å². The average molecular weight is 351 g/mol. The van der Waals surface area contributed by atoms with Gasteiger partial charge in [-0.05, 0) is 42.3 Å². The first kappa shape index (κ1) is 15.4. The zero-order chi connectivity index (χ0) is 15.5. The average Bonchev–Trinajstić information content (AvgIpc) is 2.84. The fourth-order valence-corrected chi connectivity index (χ4v) is 3.44. The molecule has 1 heterocycles. The van der Waals surface area contributed by atoms with Gasteiger partial charge in [0.2, 0.25) is 5.91 Å². The second-order valence-corrected chi connectivity index (χ2v) is 6.82. The number of carbonyl (C=O) groups excluding carboxylic acids is 1. The zero-order valence-corrected chi connectivity index (χ0v) is 13.8. The minimum Gasteiger partial charge on any atom is -0.304 e. The van der Waals surface area contributed by atoms with Crippen molar-refractivity contribution in [1.29, 1.82) is 0 Å². The van der Waals surface area contributed by atoms with Crippen LogP contribution in [0.5, 0.6) is 0 Å². The lowest BCUT2D eigenvalue weighted by molar-refractivity contribution is -0.118. The Labute approximate surface area is 142 Å². The lowest BCUT2D eigenvalue weighted by Crippen LogP contribution is -2.26. The van der Waals surface area contributed by atoms with E-state index >= 15 is 0 Å². The molecular weight excluding hydrogens is 339 g/mol. The predicted molar refractivity (Wildman–Crippen MR) is 93.2 cm³/mol. The van der Waals surface area contributed by atoms with Crippen LogP contribution in [0.2, 0.25) is 10.0 Å².